The van der Waals surface area contributed by atoms with Gasteiger partial charge in [-0.2, -0.15) is 0 Å². The van der Waals surface area contributed by atoms with Crippen molar-refractivity contribution >= 4 is 16.9 Å². The minimum atomic E-state index is -0.734. The van der Waals surface area contributed by atoms with E-state index in [1.54, 1.807) is 0 Å². The molecular formula is C11H8O5. The van der Waals surface area contributed by atoms with Gasteiger partial charge in [0.2, 0.25) is 5.76 Å². The van der Waals surface area contributed by atoms with E-state index in [-0.39, 0.29) is 22.5 Å². The number of aromatic hydroxyl groups is 1. The topological polar surface area (TPSA) is 76.7 Å². The van der Waals surface area contributed by atoms with Crippen molar-refractivity contribution in [1.29, 1.82) is 0 Å². The van der Waals surface area contributed by atoms with Crippen LogP contribution in [0.15, 0.2) is 33.5 Å². The number of benzene rings is 1. The minimum Gasteiger partial charge on any atom is -0.507 e. The fraction of sp³-hybridized carbons (Fsp3) is 0.0909. The normalized spacial score (nSPS) is 10.3. The van der Waals surface area contributed by atoms with E-state index < -0.39 is 11.4 Å². The van der Waals surface area contributed by atoms with Gasteiger partial charge < -0.3 is 14.3 Å². The summed E-state index contributed by atoms with van der Waals surface area (Å²) in [4.78, 5) is 22.8. The predicted octanol–water partition coefficient (Wildman–Crippen LogP) is 1.29. The molecule has 0 saturated heterocycles. The fourth-order valence-corrected chi connectivity index (χ4v) is 1.39. The first-order valence-corrected chi connectivity index (χ1v) is 4.47. The number of carbonyl (C=O) groups is 1. The van der Waals surface area contributed by atoms with Gasteiger partial charge in [0.15, 0.2) is 5.43 Å². The molecule has 16 heavy (non-hydrogen) atoms. The molecule has 0 fully saturated rings. The van der Waals surface area contributed by atoms with Gasteiger partial charge in [0.05, 0.1) is 7.11 Å². The quantitative estimate of drug-likeness (QED) is 0.732. The van der Waals surface area contributed by atoms with E-state index in [0.717, 1.165) is 6.07 Å². The third kappa shape index (κ3) is 1.52. The zero-order valence-corrected chi connectivity index (χ0v) is 8.39. The lowest BCUT2D eigenvalue weighted by atomic mass is 10.2. The Morgan fingerprint density at radius 1 is 1.44 bits per heavy atom. The standard InChI is InChI=1S/C11H8O5/c1-15-11(14)9-5-7(13)10-6(12)3-2-4-8(10)16-9/h2-5,12H,1H3. The lowest BCUT2D eigenvalue weighted by Gasteiger charge is -2.01. The van der Waals surface area contributed by atoms with Crippen molar-refractivity contribution in [3.8, 4) is 5.75 Å². The number of hydrogen-bond acceptors (Lipinski definition) is 5. The highest BCUT2D eigenvalue weighted by atomic mass is 16.5. The highest BCUT2D eigenvalue weighted by Gasteiger charge is 2.13. The van der Waals surface area contributed by atoms with E-state index in [2.05, 4.69) is 4.74 Å². The Labute approximate surface area is 89.9 Å². The molecule has 1 heterocycles. The first kappa shape index (κ1) is 10.2. The summed E-state index contributed by atoms with van der Waals surface area (Å²) in [6.45, 7) is 0. The summed E-state index contributed by atoms with van der Waals surface area (Å²) in [5.74, 6) is -1.10. The molecule has 0 radical (unpaired) electrons. The molecule has 1 aromatic carbocycles. The molecule has 0 unspecified atom stereocenters. The number of phenols is 1. The van der Waals surface area contributed by atoms with Crippen molar-refractivity contribution in [1.82, 2.24) is 0 Å². The molecule has 5 nitrogen and oxygen atoms in total. The summed E-state index contributed by atoms with van der Waals surface area (Å²) < 4.78 is 9.58. The third-order valence-corrected chi connectivity index (χ3v) is 2.12. The zero-order valence-electron chi connectivity index (χ0n) is 8.39. The van der Waals surface area contributed by atoms with Crippen LogP contribution in [-0.2, 0) is 4.74 Å². The Morgan fingerprint density at radius 3 is 2.88 bits per heavy atom. The maximum Gasteiger partial charge on any atom is 0.374 e. The second kappa shape index (κ2) is 3.69. The van der Waals surface area contributed by atoms with E-state index in [1.807, 2.05) is 0 Å². The monoisotopic (exact) mass is 220 g/mol. The molecule has 5 heteroatoms. The van der Waals surface area contributed by atoms with Crippen molar-refractivity contribution in [2.24, 2.45) is 0 Å². The first-order valence-electron chi connectivity index (χ1n) is 4.47. The average Bonchev–Trinajstić information content (AvgIpc) is 2.27. The Kier molecular flexibility index (Phi) is 2.36. The number of methoxy groups -OCH3 is 1. The number of phenolic OH excluding ortho intramolecular Hbond substituents is 1. The number of fused-ring (bicyclic) bond motifs is 1. The number of rotatable bonds is 1. The molecule has 0 bridgehead atoms. The molecule has 0 amide bonds. The van der Waals surface area contributed by atoms with Crippen LogP contribution in [0.5, 0.6) is 5.75 Å². The van der Waals surface area contributed by atoms with Gasteiger partial charge in [0.25, 0.3) is 0 Å². The van der Waals surface area contributed by atoms with Crippen molar-refractivity contribution in [2.45, 2.75) is 0 Å². The smallest absolute Gasteiger partial charge is 0.374 e. The maximum absolute atomic E-state index is 11.6. The van der Waals surface area contributed by atoms with Crippen LogP contribution >= 0.6 is 0 Å². The molecule has 0 spiro atoms. The highest BCUT2D eigenvalue weighted by Crippen LogP contribution is 2.21. The van der Waals surface area contributed by atoms with Gasteiger partial charge in [0.1, 0.15) is 16.7 Å². The van der Waals surface area contributed by atoms with Crippen LogP contribution in [0.4, 0.5) is 0 Å². The van der Waals surface area contributed by atoms with E-state index >= 15 is 0 Å². The van der Waals surface area contributed by atoms with Gasteiger partial charge in [-0.25, -0.2) is 4.79 Å². The zero-order chi connectivity index (χ0) is 11.7. The van der Waals surface area contributed by atoms with Crippen LogP contribution < -0.4 is 5.43 Å². The van der Waals surface area contributed by atoms with Crippen molar-refractivity contribution in [2.75, 3.05) is 7.11 Å². The van der Waals surface area contributed by atoms with Gasteiger partial charge in [-0.3, -0.25) is 4.79 Å². The van der Waals surface area contributed by atoms with E-state index in [1.165, 1.54) is 25.3 Å². The number of carbonyl (C=O) groups excluding carboxylic acids is 1. The van der Waals surface area contributed by atoms with E-state index in [9.17, 15) is 14.7 Å². The molecule has 82 valence electrons. The summed E-state index contributed by atoms with van der Waals surface area (Å²) in [6.07, 6.45) is 0. The SMILES string of the molecule is COC(=O)c1cc(=O)c2c(O)cccc2o1. The molecule has 2 rings (SSSR count). The van der Waals surface area contributed by atoms with Crippen LogP contribution in [0, 0.1) is 0 Å². The second-order valence-corrected chi connectivity index (χ2v) is 3.12. The van der Waals surface area contributed by atoms with Gasteiger partial charge in [-0.05, 0) is 12.1 Å². The van der Waals surface area contributed by atoms with Crippen LogP contribution in [0.1, 0.15) is 10.6 Å². The fourth-order valence-electron chi connectivity index (χ4n) is 1.39. The molecule has 1 aromatic heterocycles. The summed E-state index contributed by atoms with van der Waals surface area (Å²) in [7, 11) is 1.19. The van der Waals surface area contributed by atoms with Gasteiger partial charge in [-0.15, -0.1) is 0 Å². The largest absolute Gasteiger partial charge is 0.507 e. The van der Waals surface area contributed by atoms with Crippen LogP contribution in [0.25, 0.3) is 11.0 Å². The van der Waals surface area contributed by atoms with Crippen molar-refractivity contribution in [3.05, 3.63) is 40.2 Å². The summed E-state index contributed by atoms with van der Waals surface area (Å²) in [6, 6.07) is 5.37. The molecule has 0 atom stereocenters. The Balaban J connectivity index is 2.79. The summed E-state index contributed by atoms with van der Waals surface area (Å²) >= 11 is 0. The minimum absolute atomic E-state index is 0.0511. The average molecular weight is 220 g/mol. The lowest BCUT2D eigenvalue weighted by molar-refractivity contribution is 0.0565. The Hall–Kier alpha value is -2.30. The van der Waals surface area contributed by atoms with Crippen LogP contribution in [0.3, 0.4) is 0 Å². The second-order valence-electron chi connectivity index (χ2n) is 3.12. The molecule has 0 aliphatic carbocycles. The van der Waals surface area contributed by atoms with Gasteiger partial charge in [-0.1, -0.05) is 6.07 Å². The summed E-state index contributed by atoms with van der Waals surface area (Å²) in [5.41, 5.74) is -0.340. The molecule has 0 aliphatic rings. The molecule has 0 aliphatic heterocycles. The van der Waals surface area contributed by atoms with Crippen molar-refractivity contribution in [3.63, 3.8) is 0 Å². The first-order chi connectivity index (χ1) is 7.63. The highest BCUT2D eigenvalue weighted by molar-refractivity contribution is 5.90. The molecule has 1 N–H and O–H groups in total. The van der Waals surface area contributed by atoms with Crippen LogP contribution in [-0.4, -0.2) is 18.2 Å². The maximum atomic E-state index is 11.6. The van der Waals surface area contributed by atoms with Gasteiger partial charge in [0, 0.05) is 6.07 Å². The molecule has 2 aromatic rings. The lowest BCUT2D eigenvalue weighted by Crippen LogP contribution is -2.08. The molecular weight excluding hydrogens is 212 g/mol. The molecule has 0 saturated carbocycles. The van der Waals surface area contributed by atoms with Crippen molar-refractivity contribution < 1.29 is 19.1 Å². The number of ether oxygens (including phenoxy) is 1. The van der Waals surface area contributed by atoms with E-state index in [4.69, 9.17) is 4.42 Å². The number of esters is 1. The van der Waals surface area contributed by atoms with Gasteiger partial charge >= 0.3 is 5.97 Å². The Bertz CT molecular complexity index is 611. The summed E-state index contributed by atoms with van der Waals surface area (Å²) in [5, 5.41) is 9.51. The number of hydrogen-bond donors (Lipinski definition) is 1. The Morgan fingerprint density at radius 2 is 2.19 bits per heavy atom. The van der Waals surface area contributed by atoms with E-state index in [0.29, 0.717) is 0 Å². The third-order valence-electron chi connectivity index (χ3n) is 2.12. The van der Waals surface area contributed by atoms with Crippen LogP contribution in [0.2, 0.25) is 0 Å². The predicted molar refractivity (Wildman–Crippen MR) is 55.5 cm³/mol.